The number of aromatic nitrogens is 1. The molecule has 0 N–H and O–H groups in total. The number of fused-ring (bicyclic) bond motifs is 9. The predicted molar refractivity (Wildman–Crippen MR) is 140 cm³/mol. The van der Waals surface area contributed by atoms with Gasteiger partial charge in [0.2, 0.25) is 0 Å². The monoisotopic (exact) mass is 445 g/mol. The highest BCUT2D eigenvalue weighted by Crippen LogP contribution is 2.39. The molecule has 0 aliphatic carbocycles. The molecule has 0 fully saturated rings. The van der Waals surface area contributed by atoms with Crippen molar-refractivity contribution in [3.63, 3.8) is 0 Å². The van der Waals surface area contributed by atoms with E-state index in [4.69, 9.17) is 11.6 Å². The molecule has 0 saturated carbocycles. The van der Waals surface area contributed by atoms with Crippen LogP contribution in [0.4, 0.5) is 0 Å². The Bertz CT molecular complexity index is 1810. The second-order valence-corrected chi connectivity index (χ2v) is 9.64. The lowest BCUT2D eigenvalue weighted by molar-refractivity contribution is 1.37. The smallest absolute Gasteiger partial charge is 0.129 e. The van der Waals surface area contributed by atoms with Crippen molar-refractivity contribution in [3.05, 3.63) is 102 Å². The summed E-state index contributed by atoms with van der Waals surface area (Å²) in [5.74, 6) is 0. The molecule has 3 heteroatoms. The van der Waals surface area contributed by atoms with Gasteiger partial charge in [-0.15, -0.1) is 11.3 Å². The van der Waals surface area contributed by atoms with Gasteiger partial charge in [-0.05, 0) is 67.7 Å². The molecule has 5 aromatic carbocycles. The summed E-state index contributed by atoms with van der Waals surface area (Å²) in [6, 6.07) is 33.0. The van der Waals surface area contributed by atoms with Crippen molar-refractivity contribution in [2.75, 3.05) is 0 Å². The van der Waals surface area contributed by atoms with E-state index in [1.165, 1.54) is 58.9 Å². The molecular formula is C29H16ClNS. The molecule has 0 aliphatic rings. The van der Waals surface area contributed by atoms with Crippen LogP contribution in [-0.2, 0) is 0 Å². The third kappa shape index (κ3) is 2.60. The van der Waals surface area contributed by atoms with Gasteiger partial charge in [0.25, 0.3) is 0 Å². The fourth-order valence-corrected chi connectivity index (χ4v) is 6.12. The van der Waals surface area contributed by atoms with Gasteiger partial charge in [0.15, 0.2) is 0 Å². The third-order valence-corrected chi connectivity index (χ3v) is 7.73. The summed E-state index contributed by atoms with van der Waals surface area (Å²) in [5, 5.41) is 10.7. The maximum Gasteiger partial charge on any atom is 0.129 e. The Hall–Kier alpha value is -3.46. The van der Waals surface area contributed by atoms with Gasteiger partial charge in [-0.25, -0.2) is 4.98 Å². The number of rotatable bonds is 1. The first-order valence-electron chi connectivity index (χ1n) is 10.6. The highest BCUT2D eigenvalue weighted by molar-refractivity contribution is 7.25. The summed E-state index contributed by atoms with van der Waals surface area (Å²) in [7, 11) is 0. The van der Waals surface area contributed by atoms with Crippen LogP contribution >= 0.6 is 22.9 Å². The molecular weight excluding hydrogens is 430 g/mol. The maximum atomic E-state index is 6.19. The molecule has 32 heavy (non-hydrogen) atoms. The van der Waals surface area contributed by atoms with Crippen molar-refractivity contribution in [1.82, 2.24) is 4.98 Å². The minimum atomic E-state index is 0.534. The number of pyridine rings is 1. The summed E-state index contributed by atoms with van der Waals surface area (Å²) in [4.78, 5) is 4.25. The van der Waals surface area contributed by atoms with E-state index in [1.54, 1.807) is 11.3 Å². The second-order valence-electron chi connectivity index (χ2n) is 8.17. The predicted octanol–water partition coefficient (Wildman–Crippen LogP) is 9.23. The Labute approximate surface area is 193 Å². The van der Waals surface area contributed by atoms with E-state index in [1.807, 2.05) is 12.3 Å². The van der Waals surface area contributed by atoms with Crippen molar-refractivity contribution in [3.8, 4) is 11.1 Å². The van der Waals surface area contributed by atoms with E-state index in [9.17, 15) is 0 Å². The Morgan fingerprint density at radius 1 is 0.500 bits per heavy atom. The molecule has 0 aliphatic heterocycles. The number of halogens is 1. The maximum absolute atomic E-state index is 6.19. The van der Waals surface area contributed by atoms with Crippen LogP contribution in [0.1, 0.15) is 0 Å². The molecule has 0 unspecified atom stereocenters. The molecule has 0 atom stereocenters. The van der Waals surface area contributed by atoms with Crippen LogP contribution in [0.15, 0.2) is 97.2 Å². The quantitative estimate of drug-likeness (QED) is 0.181. The molecule has 0 radical (unpaired) electrons. The molecule has 0 bridgehead atoms. The molecule has 0 amide bonds. The van der Waals surface area contributed by atoms with E-state index in [0.717, 1.165) is 4.70 Å². The lowest BCUT2D eigenvalue weighted by Gasteiger charge is -2.12. The average Bonchev–Trinajstić information content (AvgIpc) is 3.21. The highest BCUT2D eigenvalue weighted by Gasteiger charge is 2.11. The summed E-state index contributed by atoms with van der Waals surface area (Å²) in [5.41, 5.74) is 2.43. The molecule has 0 saturated heterocycles. The SMILES string of the molecule is Clc1cc2c(cn1)sc1ccc(-c3ccc4c5ccccc5c5ccccc5c4c3)cc12. The van der Waals surface area contributed by atoms with E-state index in [-0.39, 0.29) is 0 Å². The van der Waals surface area contributed by atoms with Gasteiger partial charge >= 0.3 is 0 Å². The van der Waals surface area contributed by atoms with E-state index in [2.05, 4.69) is 89.9 Å². The summed E-state index contributed by atoms with van der Waals surface area (Å²) in [6.07, 6.45) is 1.87. The van der Waals surface area contributed by atoms with Crippen LogP contribution in [-0.4, -0.2) is 4.98 Å². The van der Waals surface area contributed by atoms with Crippen LogP contribution in [0.3, 0.4) is 0 Å². The van der Waals surface area contributed by atoms with Crippen molar-refractivity contribution >= 4 is 75.4 Å². The lowest BCUT2D eigenvalue weighted by Crippen LogP contribution is -1.85. The molecule has 0 spiro atoms. The van der Waals surface area contributed by atoms with Crippen molar-refractivity contribution in [1.29, 1.82) is 0 Å². The minimum Gasteiger partial charge on any atom is -0.243 e. The summed E-state index contributed by atoms with van der Waals surface area (Å²) in [6.45, 7) is 0. The van der Waals surface area contributed by atoms with E-state index >= 15 is 0 Å². The van der Waals surface area contributed by atoms with Crippen LogP contribution < -0.4 is 0 Å². The number of thiophene rings is 1. The Balaban J connectivity index is 1.53. The fourth-order valence-electron chi connectivity index (χ4n) is 4.92. The second kappa shape index (κ2) is 6.77. The largest absolute Gasteiger partial charge is 0.243 e. The Morgan fingerprint density at radius 3 is 1.72 bits per heavy atom. The first-order valence-corrected chi connectivity index (χ1v) is 11.8. The molecule has 7 rings (SSSR count). The zero-order chi connectivity index (χ0) is 21.2. The molecule has 2 heterocycles. The zero-order valence-corrected chi connectivity index (χ0v) is 18.5. The average molecular weight is 446 g/mol. The van der Waals surface area contributed by atoms with Crippen LogP contribution in [0.2, 0.25) is 5.15 Å². The Morgan fingerprint density at radius 2 is 1.03 bits per heavy atom. The van der Waals surface area contributed by atoms with E-state index in [0.29, 0.717) is 5.15 Å². The van der Waals surface area contributed by atoms with Crippen LogP contribution in [0.5, 0.6) is 0 Å². The van der Waals surface area contributed by atoms with Gasteiger partial charge in [-0.1, -0.05) is 78.3 Å². The van der Waals surface area contributed by atoms with Crippen LogP contribution in [0, 0.1) is 0 Å². The standard InChI is InChI=1S/C29H16ClNS/c30-29-15-26-25-14-18(10-12-27(25)32-28(26)16-31-29)17-9-11-23-21-7-2-1-5-19(21)20-6-3-4-8-22(20)24(23)13-17/h1-16H. The number of hydrogen-bond acceptors (Lipinski definition) is 2. The van der Waals surface area contributed by atoms with Gasteiger partial charge in [-0.3, -0.25) is 0 Å². The number of nitrogens with zero attached hydrogens (tertiary/aromatic N) is 1. The lowest BCUT2D eigenvalue weighted by atomic mass is 9.92. The Kier molecular flexibility index (Phi) is 3.84. The molecule has 7 aromatic rings. The fraction of sp³-hybridized carbons (Fsp3) is 0. The zero-order valence-electron chi connectivity index (χ0n) is 17.0. The molecule has 1 nitrogen and oxygen atoms in total. The van der Waals surface area contributed by atoms with Crippen molar-refractivity contribution in [2.24, 2.45) is 0 Å². The first kappa shape index (κ1) is 18.1. The van der Waals surface area contributed by atoms with Gasteiger partial charge in [0, 0.05) is 21.7 Å². The van der Waals surface area contributed by atoms with Gasteiger partial charge in [0.1, 0.15) is 5.15 Å². The van der Waals surface area contributed by atoms with Gasteiger partial charge in [0.05, 0.1) is 4.70 Å². The molecule has 150 valence electrons. The summed E-state index contributed by atoms with van der Waals surface area (Å²) >= 11 is 7.95. The minimum absolute atomic E-state index is 0.534. The van der Waals surface area contributed by atoms with Gasteiger partial charge in [-0.2, -0.15) is 0 Å². The number of benzene rings is 5. The normalized spacial score (nSPS) is 11.9. The summed E-state index contributed by atoms with van der Waals surface area (Å²) < 4.78 is 2.42. The first-order chi connectivity index (χ1) is 15.8. The highest BCUT2D eigenvalue weighted by atomic mass is 35.5. The van der Waals surface area contributed by atoms with E-state index < -0.39 is 0 Å². The van der Waals surface area contributed by atoms with Crippen LogP contribution in [0.25, 0.3) is 63.6 Å². The van der Waals surface area contributed by atoms with Crippen molar-refractivity contribution in [2.45, 2.75) is 0 Å². The molecule has 2 aromatic heterocycles. The van der Waals surface area contributed by atoms with Gasteiger partial charge < -0.3 is 0 Å². The third-order valence-electron chi connectivity index (χ3n) is 6.40. The van der Waals surface area contributed by atoms with Crippen molar-refractivity contribution < 1.29 is 0 Å². The number of hydrogen-bond donors (Lipinski definition) is 0. The topological polar surface area (TPSA) is 12.9 Å².